The van der Waals surface area contributed by atoms with Crippen LogP contribution in [0.2, 0.25) is 0 Å². The van der Waals surface area contributed by atoms with Crippen molar-refractivity contribution in [3.63, 3.8) is 0 Å². The van der Waals surface area contributed by atoms with Crippen molar-refractivity contribution in [2.24, 2.45) is 0 Å². The molecule has 1 aromatic carbocycles. The van der Waals surface area contributed by atoms with Crippen LogP contribution in [0.15, 0.2) is 75.4 Å². The summed E-state index contributed by atoms with van der Waals surface area (Å²) in [5.74, 6) is 2.21. The van der Waals surface area contributed by atoms with E-state index in [0.717, 1.165) is 16.7 Å². The Labute approximate surface area is 188 Å². The smallest absolute Gasteiger partial charge is 0.339 e. The molecule has 7 heteroatoms. The maximum atomic E-state index is 13.1. The molecule has 0 fully saturated rings. The lowest BCUT2D eigenvalue weighted by molar-refractivity contribution is -0.140. The predicted octanol–water partition coefficient (Wildman–Crippen LogP) is 4.34. The Hall–Kier alpha value is -3.11. The van der Waals surface area contributed by atoms with Gasteiger partial charge in [0.25, 0.3) is 0 Å². The van der Waals surface area contributed by atoms with Gasteiger partial charge in [0.2, 0.25) is 0 Å². The Balaban J connectivity index is 2.51. The zero-order valence-corrected chi connectivity index (χ0v) is 20.0. The second-order valence-corrected chi connectivity index (χ2v) is 10.9. The molecule has 0 N–H and O–H groups in total. The highest BCUT2D eigenvalue weighted by Crippen LogP contribution is 2.64. The summed E-state index contributed by atoms with van der Waals surface area (Å²) in [7, 11) is 3.71. The maximum Gasteiger partial charge on any atom is 0.339 e. The van der Waals surface area contributed by atoms with Crippen LogP contribution in [-0.4, -0.2) is 44.5 Å². The van der Waals surface area contributed by atoms with E-state index in [1.165, 1.54) is 21.3 Å². The van der Waals surface area contributed by atoms with Crippen molar-refractivity contribution < 1.29 is 28.6 Å². The van der Waals surface area contributed by atoms with E-state index in [9.17, 15) is 14.4 Å². The van der Waals surface area contributed by atoms with E-state index in [1.54, 1.807) is 6.92 Å². The number of carbonyl (C=O) groups excluding carboxylic acids is 3. The first-order valence-corrected chi connectivity index (χ1v) is 12.2. The lowest BCUT2D eigenvalue weighted by Crippen LogP contribution is -2.19. The minimum absolute atomic E-state index is 0.0474. The zero-order chi connectivity index (χ0) is 23.6. The molecule has 32 heavy (non-hydrogen) atoms. The van der Waals surface area contributed by atoms with Gasteiger partial charge in [-0.25, -0.2) is 14.4 Å². The minimum atomic E-state index is -2.32. The molecule has 1 aliphatic carbocycles. The molecule has 0 unspecified atom stereocenters. The van der Waals surface area contributed by atoms with Crippen molar-refractivity contribution in [3.8, 4) is 0 Å². The average Bonchev–Trinajstić information content (AvgIpc) is 3.26. The first-order valence-electron chi connectivity index (χ1n) is 10.1. The summed E-state index contributed by atoms with van der Waals surface area (Å²) in [6, 6.07) is 9.95. The average molecular weight is 454 g/mol. The molecule has 1 aromatic rings. The van der Waals surface area contributed by atoms with E-state index in [-0.39, 0.29) is 16.7 Å². The van der Waals surface area contributed by atoms with Crippen molar-refractivity contribution >= 4 is 30.1 Å². The Morgan fingerprint density at radius 1 is 0.719 bits per heavy atom. The van der Waals surface area contributed by atoms with Gasteiger partial charge < -0.3 is 14.2 Å². The van der Waals surface area contributed by atoms with Crippen molar-refractivity contribution in [3.05, 3.63) is 81.0 Å². The summed E-state index contributed by atoms with van der Waals surface area (Å²) >= 11 is 0. The van der Waals surface area contributed by atoms with Crippen LogP contribution in [0, 0.1) is 0 Å². The monoisotopic (exact) mass is 454 g/mol. The Morgan fingerprint density at radius 2 is 1.19 bits per heavy atom. The number of allylic oxidation sites excluding steroid dienone is 3. The molecule has 0 spiro atoms. The first kappa shape index (κ1) is 23.6. The van der Waals surface area contributed by atoms with Gasteiger partial charge in [-0.2, -0.15) is 0 Å². The molecular formula is C25H27O6P. The molecule has 168 valence electrons. The van der Waals surface area contributed by atoms with Crippen LogP contribution >= 0.6 is 6.89 Å². The predicted molar refractivity (Wildman–Crippen MR) is 125 cm³/mol. The van der Waals surface area contributed by atoms with E-state index >= 15 is 0 Å². The molecule has 0 saturated heterocycles. The molecular weight excluding hydrogens is 427 g/mol. The second kappa shape index (κ2) is 9.17. The normalized spacial score (nSPS) is 17.2. The van der Waals surface area contributed by atoms with E-state index in [0.29, 0.717) is 17.0 Å². The third-order valence-corrected chi connectivity index (χ3v) is 9.79. The van der Waals surface area contributed by atoms with Crippen LogP contribution in [0.1, 0.15) is 26.3 Å². The topological polar surface area (TPSA) is 78.9 Å². The quantitative estimate of drug-likeness (QED) is 0.374. The fourth-order valence-corrected chi connectivity index (χ4v) is 8.97. The summed E-state index contributed by atoms with van der Waals surface area (Å²) < 4.78 is 15.0. The van der Waals surface area contributed by atoms with Crippen LogP contribution < -0.4 is 0 Å². The van der Waals surface area contributed by atoms with Crippen LogP contribution in [0.3, 0.4) is 0 Å². The molecule has 0 bridgehead atoms. The molecule has 0 aromatic heterocycles. The Kier molecular flexibility index (Phi) is 6.75. The van der Waals surface area contributed by atoms with Gasteiger partial charge in [-0.3, -0.25) is 0 Å². The lowest BCUT2D eigenvalue weighted by atomic mass is 10.1. The Bertz CT molecular complexity index is 1160. The van der Waals surface area contributed by atoms with Crippen molar-refractivity contribution in [1.82, 2.24) is 0 Å². The van der Waals surface area contributed by atoms with Crippen molar-refractivity contribution in [2.45, 2.75) is 26.9 Å². The third-order valence-electron chi connectivity index (χ3n) is 5.81. The molecule has 0 radical (unpaired) electrons. The molecule has 0 atom stereocenters. The van der Waals surface area contributed by atoms with Gasteiger partial charge in [-0.15, -0.1) is 0 Å². The molecule has 0 saturated carbocycles. The van der Waals surface area contributed by atoms with E-state index < -0.39 is 24.8 Å². The summed E-state index contributed by atoms with van der Waals surface area (Å²) in [5, 5.41) is 0.658. The standard InChI is InChI=1S/C25H27O6P/c1-15-12-32(13-16(15)2,14-18-10-8-7-9-11-18)22-17(3)19(23(26)29-4)20(24(27)30-5)21(22)25(28)31-6/h7-13H,14H2,1-6H3. The van der Waals surface area contributed by atoms with Gasteiger partial charge >= 0.3 is 17.9 Å². The number of hydrogen-bond donors (Lipinski definition) is 0. The number of ether oxygens (including phenoxy) is 3. The summed E-state index contributed by atoms with van der Waals surface area (Å²) in [5.41, 5.74) is 3.86. The van der Waals surface area contributed by atoms with E-state index in [1.807, 2.05) is 44.2 Å². The van der Waals surface area contributed by atoms with Crippen LogP contribution in [0.25, 0.3) is 0 Å². The highest BCUT2D eigenvalue weighted by atomic mass is 31.2. The number of benzene rings is 1. The molecule has 1 aliphatic heterocycles. The van der Waals surface area contributed by atoms with E-state index in [2.05, 4.69) is 11.6 Å². The SMILES string of the molecule is COC(=O)C1=C(C)C(=P2(Cc3ccccc3)C=C(C)C(C)=C2)C(C(=O)OC)=C1C(=O)OC. The number of esters is 3. The fourth-order valence-electron chi connectivity index (χ4n) is 4.34. The number of methoxy groups -OCH3 is 3. The van der Waals surface area contributed by atoms with Crippen molar-refractivity contribution in [2.75, 3.05) is 21.3 Å². The van der Waals surface area contributed by atoms with E-state index in [4.69, 9.17) is 14.2 Å². The van der Waals surface area contributed by atoms with Gasteiger partial charge in [0, 0.05) is 0 Å². The van der Waals surface area contributed by atoms with Crippen LogP contribution in [-0.2, 0) is 34.8 Å². The lowest BCUT2D eigenvalue weighted by Gasteiger charge is -2.24. The molecule has 2 aliphatic rings. The minimum Gasteiger partial charge on any atom is -0.465 e. The molecule has 3 rings (SSSR count). The fraction of sp³-hybridized carbons (Fsp3) is 0.280. The number of rotatable bonds is 5. The third kappa shape index (κ3) is 3.91. The zero-order valence-electron chi connectivity index (χ0n) is 19.1. The maximum absolute atomic E-state index is 13.1. The first-order chi connectivity index (χ1) is 15.2. The number of carbonyl (C=O) groups is 3. The van der Waals surface area contributed by atoms with Gasteiger partial charge in [0.15, 0.2) is 0 Å². The summed E-state index contributed by atoms with van der Waals surface area (Å²) in [6.07, 6.45) is 0.637. The van der Waals surface area contributed by atoms with Crippen LogP contribution in [0.4, 0.5) is 0 Å². The molecule has 6 nitrogen and oxygen atoms in total. The number of hydrogen-bond acceptors (Lipinski definition) is 6. The molecule has 1 heterocycles. The second-order valence-electron chi connectivity index (χ2n) is 7.77. The van der Waals surface area contributed by atoms with Crippen molar-refractivity contribution in [1.29, 1.82) is 0 Å². The highest BCUT2D eigenvalue weighted by Gasteiger charge is 2.43. The summed E-state index contributed by atoms with van der Waals surface area (Å²) in [6.45, 7) is 3.48. The highest BCUT2D eigenvalue weighted by molar-refractivity contribution is 7.82. The van der Waals surface area contributed by atoms with Crippen LogP contribution in [0.5, 0.6) is 0 Å². The molecule has 0 amide bonds. The van der Waals surface area contributed by atoms with Gasteiger partial charge in [0.05, 0.1) is 38.0 Å². The van der Waals surface area contributed by atoms with Gasteiger partial charge in [-0.05, 0) is 54.5 Å². The van der Waals surface area contributed by atoms with Gasteiger partial charge in [0.1, 0.15) is 0 Å². The largest absolute Gasteiger partial charge is 0.465 e. The Morgan fingerprint density at radius 3 is 1.69 bits per heavy atom. The summed E-state index contributed by atoms with van der Waals surface area (Å²) in [4.78, 5) is 38.6. The van der Waals surface area contributed by atoms with Gasteiger partial charge in [-0.1, -0.05) is 48.9 Å².